The van der Waals surface area contributed by atoms with E-state index in [9.17, 15) is 8.42 Å². The molecular weight excluding hydrogens is 573 g/mol. The number of nitrogens with zero attached hydrogens (tertiary/aromatic N) is 2. The van der Waals surface area contributed by atoms with Crippen LogP contribution in [0.25, 0.3) is 21.9 Å². The summed E-state index contributed by atoms with van der Waals surface area (Å²) in [4.78, 5) is 0.338. The summed E-state index contributed by atoms with van der Waals surface area (Å²) in [5.74, 6) is 0. The van der Waals surface area contributed by atoms with E-state index in [1.807, 2.05) is 54.6 Å². The van der Waals surface area contributed by atoms with Crippen molar-refractivity contribution in [3.05, 3.63) is 138 Å². The molecule has 5 aromatic rings. The van der Waals surface area contributed by atoms with Crippen LogP contribution in [0, 0.1) is 13.8 Å². The molecule has 45 heavy (non-hydrogen) atoms. The number of rotatable bonds is 14. The average molecular weight is 620 g/mol. The summed E-state index contributed by atoms with van der Waals surface area (Å²) in [7, 11) is -3.71. The van der Waals surface area contributed by atoms with Crippen molar-refractivity contribution in [3.8, 4) is 11.1 Å². The lowest BCUT2D eigenvalue weighted by Gasteiger charge is -2.37. The van der Waals surface area contributed by atoms with Crippen LogP contribution in [0.1, 0.15) is 48.9 Å². The Kier molecular flexibility index (Phi) is 10.5. The van der Waals surface area contributed by atoms with E-state index >= 15 is 0 Å². The molecule has 0 N–H and O–H groups in total. The fourth-order valence-electron chi connectivity index (χ4n) is 6.55. The third kappa shape index (κ3) is 8.09. The maximum Gasteiger partial charge on any atom is 0.243 e. The number of fused-ring (bicyclic) bond motifs is 1. The van der Waals surface area contributed by atoms with Crippen LogP contribution in [-0.2, 0) is 23.1 Å². The third-order valence-corrected chi connectivity index (χ3v) is 11.1. The van der Waals surface area contributed by atoms with Crippen LogP contribution in [0.4, 0.5) is 0 Å². The quantitative estimate of drug-likeness (QED) is 0.0918. The minimum atomic E-state index is -3.71. The molecule has 0 aliphatic heterocycles. The summed E-state index contributed by atoms with van der Waals surface area (Å²) >= 11 is 0. The van der Waals surface area contributed by atoms with E-state index in [4.69, 9.17) is 0 Å². The molecule has 0 saturated heterocycles. The summed E-state index contributed by atoms with van der Waals surface area (Å²) in [6.07, 6.45) is 1.77. The van der Waals surface area contributed by atoms with E-state index < -0.39 is 10.0 Å². The van der Waals surface area contributed by atoms with Gasteiger partial charge in [-0.25, -0.2) is 8.42 Å². The van der Waals surface area contributed by atoms with Crippen LogP contribution >= 0.6 is 0 Å². The second-order valence-electron chi connectivity index (χ2n) is 12.5. The highest BCUT2D eigenvalue weighted by molar-refractivity contribution is 7.89. The first kappa shape index (κ1) is 32.6. The number of hydrogen-bond acceptors (Lipinski definition) is 2. The molecule has 0 spiro atoms. The molecule has 0 unspecified atom stereocenters. The molecule has 0 fully saturated rings. The molecule has 0 saturated carbocycles. The summed E-state index contributed by atoms with van der Waals surface area (Å²) in [6, 6.07) is 38.8. The molecular formula is C40H47N2O2S+. The number of aryl methyl sites for hydroxylation is 2. The topological polar surface area (TPSA) is 37.4 Å². The van der Waals surface area contributed by atoms with Gasteiger partial charge in [0.05, 0.1) is 24.5 Å². The van der Waals surface area contributed by atoms with Gasteiger partial charge < -0.3 is 4.48 Å². The molecule has 5 aromatic carbocycles. The standard InChI is InChI=1S/C40H47N2O2S/c1-5-42(6-2,31-35-27-32(3)26-33(4)28-35)25-13-12-24-41(30-34-18-19-37-16-10-11-17-39(37)29-34)45(43,44)40-22-20-38(21-23-40)36-14-8-7-9-15-36/h7-11,14-23,26-29H,5-6,12-13,24-25,30-31H2,1-4H3/q+1. The van der Waals surface area contributed by atoms with Crippen molar-refractivity contribution in [1.82, 2.24) is 4.31 Å². The van der Waals surface area contributed by atoms with E-state index in [1.54, 1.807) is 16.4 Å². The Morgan fingerprint density at radius 1 is 0.622 bits per heavy atom. The van der Waals surface area contributed by atoms with Crippen molar-refractivity contribution >= 4 is 20.8 Å². The first-order valence-corrected chi connectivity index (χ1v) is 17.7. The predicted molar refractivity (Wildman–Crippen MR) is 188 cm³/mol. The molecule has 0 heterocycles. The summed E-state index contributed by atoms with van der Waals surface area (Å²) < 4.78 is 31.0. The molecule has 0 amide bonds. The van der Waals surface area contributed by atoms with Crippen molar-refractivity contribution in [2.75, 3.05) is 26.2 Å². The Labute approximate surface area is 270 Å². The van der Waals surface area contributed by atoms with Gasteiger partial charge in [0, 0.05) is 18.7 Å². The molecule has 0 aliphatic rings. The summed E-state index contributed by atoms with van der Waals surface area (Å²) in [5.41, 5.74) is 7.08. The molecule has 4 nitrogen and oxygen atoms in total. The van der Waals surface area contributed by atoms with Gasteiger partial charge in [0.1, 0.15) is 6.54 Å². The Balaban J connectivity index is 1.35. The first-order valence-electron chi connectivity index (χ1n) is 16.3. The normalized spacial score (nSPS) is 12.2. The molecule has 5 heteroatoms. The number of unbranched alkanes of at least 4 members (excludes halogenated alkanes) is 1. The van der Waals surface area contributed by atoms with Crippen LogP contribution in [0.3, 0.4) is 0 Å². The molecule has 234 valence electrons. The van der Waals surface area contributed by atoms with E-state index in [-0.39, 0.29) is 0 Å². The zero-order valence-electron chi connectivity index (χ0n) is 27.2. The maximum atomic E-state index is 14.2. The molecule has 0 aliphatic carbocycles. The Bertz CT molecular complexity index is 1790. The van der Waals surface area contributed by atoms with Gasteiger partial charge in [0.2, 0.25) is 10.0 Å². The lowest BCUT2D eigenvalue weighted by atomic mass is 10.1. The molecule has 0 atom stereocenters. The third-order valence-electron chi connectivity index (χ3n) is 9.20. The van der Waals surface area contributed by atoms with Crippen molar-refractivity contribution in [3.63, 3.8) is 0 Å². The van der Waals surface area contributed by atoms with Crippen LogP contribution in [-0.4, -0.2) is 43.4 Å². The zero-order chi connectivity index (χ0) is 31.9. The van der Waals surface area contributed by atoms with Gasteiger partial charge in [0.25, 0.3) is 0 Å². The number of sulfonamides is 1. The summed E-state index contributed by atoms with van der Waals surface area (Å²) in [5, 5.41) is 2.28. The van der Waals surface area contributed by atoms with Crippen molar-refractivity contribution in [2.24, 2.45) is 0 Å². The van der Waals surface area contributed by atoms with Crippen molar-refractivity contribution in [2.45, 2.75) is 58.5 Å². The molecule has 0 radical (unpaired) electrons. The van der Waals surface area contributed by atoms with E-state index in [0.29, 0.717) is 18.0 Å². The highest BCUT2D eigenvalue weighted by Crippen LogP contribution is 2.26. The first-order chi connectivity index (χ1) is 21.7. The SMILES string of the molecule is CC[N+](CC)(CCCCN(Cc1ccc2ccccc2c1)S(=O)(=O)c1ccc(-c2ccccc2)cc1)Cc1cc(C)cc(C)c1. The van der Waals surface area contributed by atoms with Crippen molar-refractivity contribution < 1.29 is 12.9 Å². The van der Waals surface area contributed by atoms with Crippen LogP contribution < -0.4 is 0 Å². The number of benzene rings is 5. The zero-order valence-corrected chi connectivity index (χ0v) is 28.1. The number of hydrogen-bond donors (Lipinski definition) is 0. The van der Waals surface area contributed by atoms with Crippen LogP contribution in [0.5, 0.6) is 0 Å². The maximum absolute atomic E-state index is 14.2. The fraction of sp³-hybridized carbons (Fsp3) is 0.300. The minimum absolute atomic E-state index is 0.338. The van der Waals surface area contributed by atoms with E-state index in [0.717, 1.165) is 71.0 Å². The van der Waals surface area contributed by atoms with Gasteiger partial charge >= 0.3 is 0 Å². The molecule has 5 rings (SSSR count). The van der Waals surface area contributed by atoms with Gasteiger partial charge in [-0.15, -0.1) is 0 Å². The highest BCUT2D eigenvalue weighted by Gasteiger charge is 2.27. The Morgan fingerprint density at radius 2 is 1.24 bits per heavy atom. The lowest BCUT2D eigenvalue weighted by molar-refractivity contribution is -0.938. The van der Waals surface area contributed by atoms with Gasteiger partial charge in [-0.2, -0.15) is 4.31 Å². The second-order valence-corrected chi connectivity index (χ2v) is 14.4. The van der Waals surface area contributed by atoms with Gasteiger partial charge in [-0.05, 0) is 86.2 Å². The number of quaternary nitrogens is 1. The van der Waals surface area contributed by atoms with E-state index in [1.165, 1.54) is 16.7 Å². The molecule has 0 aromatic heterocycles. The average Bonchev–Trinajstić information content (AvgIpc) is 3.05. The lowest BCUT2D eigenvalue weighted by Crippen LogP contribution is -2.47. The van der Waals surface area contributed by atoms with Gasteiger partial charge in [0.15, 0.2) is 0 Å². The van der Waals surface area contributed by atoms with E-state index in [2.05, 4.69) is 76.2 Å². The van der Waals surface area contributed by atoms with Crippen LogP contribution in [0.15, 0.2) is 120 Å². The van der Waals surface area contributed by atoms with Crippen molar-refractivity contribution in [1.29, 1.82) is 0 Å². The Hall–Kier alpha value is -3.77. The monoisotopic (exact) mass is 619 g/mol. The predicted octanol–water partition coefficient (Wildman–Crippen LogP) is 9.15. The molecule has 0 bridgehead atoms. The largest absolute Gasteiger partial charge is 0.320 e. The highest BCUT2D eigenvalue weighted by atomic mass is 32.2. The Morgan fingerprint density at radius 3 is 1.91 bits per heavy atom. The second kappa shape index (κ2) is 14.6. The van der Waals surface area contributed by atoms with Gasteiger partial charge in [-0.3, -0.25) is 0 Å². The minimum Gasteiger partial charge on any atom is -0.320 e. The smallest absolute Gasteiger partial charge is 0.243 e. The van der Waals surface area contributed by atoms with Gasteiger partial charge in [-0.1, -0.05) is 108 Å². The van der Waals surface area contributed by atoms with Crippen LogP contribution in [0.2, 0.25) is 0 Å². The fourth-order valence-corrected chi connectivity index (χ4v) is 8.02. The summed E-state index contributed by atoms with van der Waals surface area (Å²) in [6.45, 7) is 13.9.